The van der Waals surface area contributed by atoms with Crippen molar-refractivity contribution in [2.24, 2.45) is 0 Å². The number of hydrogen-bond acceptors (Lipinski definition) is 2. The van der Waals surface area contributed by atoms with E-state index >= 15 is 0 Å². The second-order valence-corrected chi connectivity index (χ2v) is 3.99. The van der Waals surface area contributed by atoms with Gasteiger partial charge in [-0.1, -0.05) is 18.2 Å². The SMILES string of the molecule is COc1ccc(-c2cccc(F)c2C)cc1C=O. The topological polar surface area (TPSA) is 26.3 Å². The Hall–Kier alpha value is -2.16. The van der Waals surface area contributed by atoms with Crippen LogP contribution in [0.2, 0.25) is 0 Å². The first-order chi connectivity index (χ1) is 8.67. The summed E-state index contributed by atoms with van der Waals surface area (Å²) in [6.07, 6.45) is 0.733. The molecule has 0 aliphatic rings. The highest BCUT2D eigenvalue weighted by Gasteiger charge is 2.09. The Bertz CT molecular complexity index is 591. The first-order valence-corrected chi connectivity index (χ1v) is 5.56. The minimum atomic E-state index is -0.254. The van der Waals surface area contributed by atoms with E-state index in [2.05, 4.69) is 0 Å². The number of carbonyl (C=O) groups excluding carboxylic acids is 1. The van der Waals surface area contributed by atoms with Gasteiger partial charge in [-0.25, -0.2) is 4.39 Å². The number of carbonyl (C=O) groups is 1. The van der Waals surface area contributed by atoms with Gasteiger partial charge in [-0.15, -0.1) is 0 Å². The van der Waals surface area contributed by atoms with E-state index in [0.717, 1.165) is 17.4 Å². The van der Waals surface area contributed by atoms with Crippen molar-refractivity contribution in [3.63, 3.8) is 0 Å². The molecule has 0 saturated carbocycles. The van der Waals surface area contributed by atoms with E-state index < -0.39 is 0 Å². The van der Waals surface area contributed by atoms with Crippen molar-refractivity contribution in [3.05, 3.63) is 53.3 Å². The average Bonchev–Trinajstić information content (AvgIpc) is 2.41. The van der Waals surface area contributed by atoms with Crippen molar-refractivity contribution < 1.29 is 13.9 Å². The van der Waals surface area contributed by atoms with Crippen LogP contribution in [0, 0.1) is 12.7 Å². The molecule has 0 heterocycles. The molecule has 2 aromatic rings. The minimum absolute atomic E-state index is 0.254. The molecule has 0 spiro atoms. The molecule has 0 unspecified atom stereocenters. The van der Waals surface area contributed by atoms with Crippen LogP contribution in [0.25, 0.3) is 11.1 Å². The summed E-state index contributed by atoms with van der Waals surface area (Å²) < 4.78 is 18.6. The van der Waals surface area contributed by atoms with Gasteiger partial charge in [-0.05, 0) is 41.8 Å². The van der Waals surface area contributed by atoms with Crippen molar-refractivity contribution in [1.29, 1.82) is 0 Å². The second-order valence-electron chi connectivity index (χ2n) is 3.99. The number of aldehydes is 1. The van der Waals surface area contributed by atoms with E-state index in [0.29, 0.717) is 16.9 Å². The molecule has 0 amide bonds. The molecule has 0 aliphatic carbocycles. The molecular formula is C15H13FO2. The monoisotopic (exact) mass is 244 g/mol. The van der Waals surface area contributed by atoms with Gasteiger partial charge in [0.25, 0.3) is 0 Å². The lowest BCUT2D eigenvalue weighted by atomic mass is 9.98. The van der Waals surface area contributed by atoms with Crippen molar-refractivity contribution in [2.75, 3.05) is 7.11 Å². The summed E-state index contributed by atoms with van der Waals surface area (Å²) in [4.78, 5) is 11.0. The maximum Gasteiger partial charge on any atom is 0.153 e. The lowest BCUT2D eigenvalue weighted by Gasteiger charge is -2.09. The molecule has 0 aromatic heterocycles. The molecule has 3 heteroatoms. The molecule has 0 radical (unpaired) electrons. The maximum atomic E-state index is 13.5. The molecule has 0 bridgehead atoms. The molecule has 0 atom stereocenters. The van der Waals surface area contributed by atoms with E-state index in [4.69, 9.17) is 4.74 Å². The zero-order chi connectivity index (χ0) is 13.1. The van der Waals surface area contributed by atoms with Gasteiger partial charge in [0.15, 0.2) is 6.29 Å². The van der Waals surface area contributed by atoms with Crippen molar-refractivity contribution in [1.82, 2.24) is 0 Å². The number of methoxy groups -OCH3 is 1. The number of halogens is 1. The van der Waals surface area contributed by atoms with Gasteiger partial charge < -0.3 is 4.74 Å². The van der Waals surface area contributed by atoms with Crippen LogP contribution in [0.3, 0.4) is 0 Å². The summed E-state index contributed by atoms with van der Waals surface area (Å²) in [6.45, 7) is 1.72. The summed E-state index contributed by atoms with van der Waals surface area (Å²) in [5, 5.41) is 0. The maximum absolute atomic E-state index is 13.5. The van der Waals surface area contributed by atoms with Gasteiger partial charge in [0, 0.05) is 0 Å². The molecule has 0 fully saturated rings. The van der Waals surface area contributed by atoms with Gasteiger partial charge in [-0.3, -0.25) is 4.79 Å². The Morgan fingerprint density at radius 3 is 2.67 bits per heavy atom. The van der Waals surface area contributed by atoms with E-state index in [1.165, 1.54) is 13.2 Å². The second kappa shape index (κ2) is 5.00. The Balaban J connectivity index is 2.58. The normalized spacial score (nSPS) is 10.2. The number of benzene rings is 2. The number of hydrogen-bond donors (Lipinski definition) is 0. The van der Waals surface area contributed by atoms with Crippen molar-refractivity contribution in [2.45, 2.75) is 6.92 Å². The summed E-state index contributed by atoms with van der Waals surface area (Å²) in [5.74, 6) is 0.263. The zero-order valence-electron chi connectivity index (χ0n) is 10.2. The van der Waals surface area contributed by atoms with Crippen LogP contribution in [-0.4, -0.2) is 13.4 Å². The fourth-order valence-corrected chi connectivity index (χ4v) is 1.91. The van der Waals surface area contributed by atoms with Crippen LogP contribution in [-0.2, 0) is 0 Å². The smallest absolute Gasteiger partial charge is 0.153 e. The third kappa shape index (κ3) is 2.12. The summed E-state index contributed by atoms with van der Waals surface area (Å²) in [5.41, 5.74) is 2.61. The third-order valence-electron chi connectivity index (χ3n) is 2.94. The van der Waals surface area contributed by atoms with E-state index in [1.54, 1.807) is 25.1 Å². The van der Waals surface area contributed by atoms with Crippen LogP contribution in [0.5, 0.6) is 5.75 Å². The summed E-state index contributed by atoms with van der Waals surface area (Å²) in [7, 11) is 1.51. The standard InChI is InChI=1S/C15H13FO2/c1-10-13(4-3-5-14(10)16)11-6-7-15(18-2)12(8-11)9-17/h3-9H,1-2H3. The van der Waals surface area contributed by atoms with Crippen molar-refractivity contribution >= 4 is 6.29 Å². The summed E-state index contributed by atoms with van der Waals surface area (Å²) >= 11 is 0. The largest absolute Gasteiger partial charge is 0.496 e. The summed E-state index contributed by atoms with van der Waals surface area (Å²) in [6, 6.07) is 10.1. The molecule has 0 aliphatic heterocycles. The predicted octanol–water partition coefficient (Wildman–Crippen LogP) is 3.62. The van der Waals surface area contributed by atoms with Crippen LogP contribution < -0.4 is 4.74 Å². The van der Waals surface area contributed by atoms with Gasteiger partial charge in [-0.2, -0.15) is 0 Å². The molecule has 0 saturated heterocycles. The van der Waals surface area contributed by atoms with Gasteiger partial charge in [0.2, 0.25) is 0 Å². The van der Waals surface area contributed by atoms with E-state index in [1.807, 2.05) is 12.1 Å². The molecule has 2 rings (SSSR count). The first-order valence-electron chi connectivity index (χ1n) is 5.56. The Morgan fingerprint density at radius 1 is 1.22 bits per heavy atom. The quantitative estimate of drug-likeness (QED) is 0.771. The molecule has 18 heavy (non-hydrogen) atoms. The average molecular weight is 244 g/mol. The highest BCUT2D eigenvalue weighted by atomic mass is 19.1. The lowest BCUT2D eigenvalue weighted by Crippen LogP contribution is -1.93. The lowest BCUT2D eigenvalue weighted by molar-refractivity contribution is 0.112. The Labute approximate surface area is 105 Å². The van der Waals surface area contributed by atoms with Gasteiger partial charge in [0.1, 0.15) is 11.6 Å². The number of ether oxygens (including phenoxy) is 1. The van der Waals surface area contributed by atoms with E-state index in [9.17, 15) is 9.18 Å². The Morgan fingerprint density at radius 2 is 2.00 bits per heavy atom. The van der Waals surface area contributed by atoms with E-state index in [-0.39, 0.29) is 5.82 Å². The Kier molecular flexibility index (Phi) is 3.42. The van der Waals surface area contributed by atoms with Crippen LogP contribution >= 0.6 is 0 Å². The number of rotatable bonds is 3. The first kappa shape index (κ1) is 12.3. The van der Waals surface area contributed by atoms with Crippen LogP contribution in [0.1, 0.15) is 15.9 Å². The fraction of sp³-hybridized carbons (Fsp3) is 0.133. The highest BCUT2D eigenvalue weighted by Crippen LogP contribution is 2.28. The highest BCUT2D eigenvalue weighted by molar-refractivity contribution is 5.83. The van der Waals surface area contributed by atoms with Gasteiger partial charge in [0.05, 0.1) is 12.7 Å². The molecular weight excluding hydrogens is 231 g/mol. The van der Waals surface area contributed by atoms with Crippen molar-refractivity contribution in [3.8, 4) is 16.9 Å². The predicted molar refractivity (Wildman–Crippen MR) is 68.5 cm³/mol. The minimum Gasteiger partial charge on any atom is -0.496 e. The molecule has 0 N–H and O–H groups in total. The van der Waals surface area contributed by atoms with Crippen LogP contribution in [0.4, 0.5) is 4.39 Å². The fourth-order valence-electron chi connectivity index (χ4n) is 1.91. The molecule has 92 valence electrons. The zero-order valence-corrected chi connectivity index (χ0v) is 10.2. The van der Waals surface area contributed by atoms with Gasteiger partial charge >= 0.3 is 0 Å². The molecule has 2 nitrogen and oxygen atoms in total. The molecule has 2 aromatic carbocycles. The third-order valence-corrected chi connectivity index (χ3v) is 2.94. The van der Waals surface area contributed by atoms with Crippen LogP contribution in [0.15, 0.2) is 36.4 Å².